The zero-order valence-corrected chi connectivity index (χ0v) is 15.4. The summed E-state index contributed by atoms with van der Waals surface area (Å²) >= 11 is 0. The van der Waals surface area contributed by atoms with Crippen LogP contribution in [-0.2, 0) is 27.4 Å². The van der Waals surface area contributed by atoms with Crippen LogP contribution in [0.1, 0.15) is 36.8 Å². The van der Waals surface area contributed by atoms with Crippen molar-refractivity contribution in [2.75, 3.05) is 13.2 Å². The second-order valence-corrected chi connectivity index (χ2v) is 6.35. The predicted octanol–water partition coefficient (Wildman–Crippen LogP) is 4.04. The fourth-order valence-electron chi connectivity index (χ4n) is 2.61. The molecule has 0 heterocycles. The highest BCUT2D eigenvalue weighted by Gasteiger charge is 2.07. The van der Waals surface area contributed by atoms with E-state index in [1.165, 1.54) is 5.56 Å². The number of ketones is 1. The number of rotatable bonds is 13. The minimum atomic E-state index is -1.06. The molecule has 0 unspecified atom stereocenters. The molecule has 144 valence electrons. The lowest BCUT2D eigenvalue weighted by Gasteiger charge is -2.08. The SMILES string of the molecule is O=C(O)CC(=O)CCCc1ccc(OCCCOCc2ccccc2)cc1. The molecule has 0 aromatic heterocycles. The molecule has 0 atom stereocenters. The van der Waals surface area contributed by atoms with Crippen LogP contribution in [0.25, 0.3) is 0 Å². The van der Waals surface area contributed by atoms with E-state index in [0.29, 0.717) is 32.7 Å². The van der Waals surface area contributed by atoms with Crippen LogP contribution in [0.3, 0.4) is 0 Å². The van der Waals surface area contributed by atoms with E-state index in [1.807, 2.05) is 54.6 Å². The zero-order chi connectivity index (χ0) is 19.3. The second-order valence-electron chi connectivity index (χ2n) is 6.35. The highest BCUT2D eigenvalue weighted by Crippen LogP contribution is 2.14. The molecule has 0 spiro atoms. The molecule has 2 rings (SSSR count). The van der Waals surface area contributed by atoms with Crippen LogP contribution in [0.2, 0.25) is 0 Å². The van der Waals surface area contributed by atoms with Gasteiger partial charge in [0.2, 0.25) is 0 Å². The number of aliphatic carboxylic acids is 1. The van der Waals surface area contributed by atoms with Gasteiger partial charge in [0.05, 0.1) is 19.8 Å². The average Bonchev–Trinajstić information content (AvgIpc) is 2.66. The number of carboxylic acid groups (broad SMARTS) is 1. The standard InChI is InChI=1S/C22H26O5/c23-20(16-22(24)25)9-4-8-18-10-12-21(13-11-18)27-15-5-14-26-17-19-6-2-1-3-7-19/h1-3,6-7,10-13H,4-5,8-9,14-17H2,(H,24,25). The first-order chi connectivity index (χ1) is 13.1. The molecule has 27 heavy (non-hydrogen) atoms. The molecule has 0 bridgehead atoms. The molecule has 0 amide bonds. The number of carbonyl (C=O) groups is 2. The summed E-state index contributed by atoms with van der Waals surface area (Å²) in [4.78, 5) is 21.8. The van der Waals surface area contributed by atoms with Crippen LogP contribution in [0.4, 0.5) is 0 Å². The van der Waals surface area contributed by atoms with Gasteiger partial charge in [0.1, 0.15) is 18.0 Å². The monoisotopic (exact) mass is 370 g/mol. The third-order valence-corrected chi connectivity index (χ3v) is 4.01. The van der Waals surface area contributed by atoms with Crippen molar-refractivity contribution in [2.45, 2.75) is 38.7 Å². The molecule has 0 aliphatic rings. The number of aryl methyl sites for hydroxylation is 1. The smallest absolute Gasteiger partial charge is 0.310 e. The Bertz CT molecular complexity index is 694. The Morgan fingerprint density at radius 2 is 1.59 bits per heavy atom. The van der Waals surface area contributed by atoms with Crippen molar-refractivity contribution in [3.63, 3.8) is 0 Å². The number of carboxylic acids is 1. The van der Waals surface area contributed by atoms with Crippen LogP contribution in [0, 0.1) is 0 Å². The Labute approximate surface area is 159 Å². The minimum absolute atomic E-state index is 0.225. The molecule has 0 saturated heterocycles. The summed E-state index contributed by atoms with van der Waals surface area (Å²) < 4.78 is 11.3. The molecule has 2 aromatic rings. The van der Waals surface area contributed by atoms with Gasteiger partial charge in [0, 0.05) is 12.8 Å². The van der Waals surface area contributed by atoms with E-state index in [-0.39, 0.29) is 12.2 Å². The number of benzene rings is 2. The second kappa shape index (κ2) is 11.9. The molecule has 0 radical (unpaired) electrons. The molecule has 2 aromatic carbocycles. The van der Waals surface area contributed by atoms with Crippen LogP contribution in [0.5, 0.6) is 5.75 Å². The largest absolute Gasteiger partial charge is 0.494 e. The maximum Gasteiger partial charge on any atom is 0.310 e. The molecule has 0 fully saturated rings. The number of carbonyl (C=O) groups excluding carboxylic acids is 1. The fraction of sp³-hybridized carbons (Fsp3) is 0.364. The normalized spacial score (nSPS) is 10.5. The van der Waals surface area contributed by atoms with Gasteiger partial charge < -0.3 is 14.6 Å². The maximum absolute atomic E-state index is 11.4. The predicted molar refractivity (Wildman–Crippen MR) is 103 cm³/mol. The lowest BCUT2D eigenvalue weighted by Crippen LogP contribution is -2.06. The van der Waals surface area contributed by atoms with Gasteiger partial charge in [-0.15, -0.1) is 0 Å². The Balaban J connectivity index is 1.56. The average molecular weight is 370 g/mol. The first-order valence-electron chi connectivity index (χ1n) is 9.20. The number of Topliss-reactive ketones (excluding diaryl/α,β-unsaturated/α-hetero) is 1. The Morgan fingerprint density at radius 3 is 2.30 bits per heavy atom. The van der Waals surface area contributed by atoms with Gasteiger partial charge >= 0.3 is 5.97 Å². The molecular weight excluding hydrogens is 344 g/mol. The third kappa shape index (κ3) is 9.01. The summed E-state index contributed by atoms with van der Waals surface area (Å²) in [5, 5.41) is 8.56. The van der Waals surface area contributed by atoms with E-state index in [9.17, 15) is 9.59 Å². The van der Waals surface area contributed by atoms with Gasteiger partial charge in [-0.2, -0.15) is 0 Å². The van der Waals surface area contributed by atoms with Crippen molar-refractivity contribution < 1.29 is 24.2 Å². The van der Waals surface area contributed by atoms with Gasteiger partial charge in [-0.3, -0.25) is 9.59 Å². The fourth-order valence-corrected chi connectivity index (χ4v) is 2.61. The molecule has 5 nitrogen and oxygen atoms in total. The van der Waals surface area contributed by atoms with E-state index in [4.69, 9.17) is 14.6 Å². The van der Waals surface area contributed by atoms with E-state index in [0.717, 1.165) is 24.2 Å². The van der Waals surface area contributed by atoms with Gasteiger partial charge in [0.15, 0.2) is 0 Å². The summed E-state index contributed by atoms with van der Waals surface area (Å²) in [7, 11) is 0. The summed E-state index contributed by atoms with van der Waals surface area (Å²) in [6.45, 7) is 1.86. The molecule has 0 aliphatic carbocycles. The quantitative estimate of drug-likeness (QED) is 0.425. The Morgan fingerprint density at radius 1 is 0.852 bits per heavy atom. The van der Waals surface area contributed by atoms with Crippen molar-refractivity contribution in [1.29, 1.82) is 0 Å². The van der Waals surface area contributed by atoms with E-state index in [1.54, 1.807) is 0 Å². The van der Waals surface area contributed by atoms with Gasteiger partial charge in [0.25, 0.3) is 0 Å². The lowest BCUT2D eigenvalue weighted by molar-refractivity contribution is -0.140. The summed E-state index contributed by atoms with van der Waals surface area (Å²) in [6, 6.07) is 17.9. The molecule has 0 saturated carbocycles. The van der Waals surface area contributed by atoms with E-state index >= 15 is 0 Å². The van der Waals surface area contributed by atoms with Gasteiger partial charge in [-0.25, -0.2) is 0 Å². The molecule has 0 aliphatic heterocycles. The highest BCUT2D eigenvalue weighted by atomic mass is 16.5. The van der Waals surface area contributed by atoms with Crippen molar-refractivity contribution in [3.05, 3.63) is 65.7 Å². The van der Waals surface area contributed by atoms with Crippen LogP contribution >= 0.6 is 0 Å². The van der Waals surface area contributed by atoms with Gasteiger partial charge in [-0.05, 0) is 36.1 Å². The summed E-state index contributed by atoms with van der Waals surface area (Å²) in [6.07, 6.45) is 2.14. The zero-order valence-electron chi connectivity index (χ0n) is 15.4. The first kappa shape index (κ1) is 20.6. The molecular formula is C22H26O5. The highest BCUT2D eigenvalue weighted by molar-refractivity contribution is 5.94. The van der Waals surface area contributed by atoms with Crippen LogP contribution in [0.15, 0.2) is 54.6 Å². The Hall–Kier alpha value is -2.66. The minimum Gasteiger partial charge on any atom is -0.494 e. The first-order valence-corrected chi connectivity index (χ1v) is 9.20. The maximum atomic E-state index is 11.4. The van der Waals surface area contributed by atoms with Crippen molar-refractivity contribution in [3.8, 4) is 5.75 Å². The number of ether oxygens (including phenoxy) is 2. The number of hydrogen-bond acceptors (Lipinski definition) is 4. The van der Waals surface area contributed by atoms with E-state index in [2.05, 4.69) is 0 Å². The summed E-state index contributed by atoms with van der Waals surface area (Å²) in [5.74, 6) is -0.479. The molecule has 5 heteroatoms. The van der Waals surface area contributed by atoms with E-state index < -0.39 is 5.97 Å². The van der Waals surface area contributed by atoms with Crippen LogP contribution < -0.4 is 4.74 Å². The topological polar surface area (TPSA) is 72.8 Å². The summed E-state index contributed by atoms with van der Waals surface area (Å²) in [5.41, 5.74) is 2.27. The van der Waals surface area contributed by atoms with Crippen molar-refractivity contribution >= 4 is 11.8 Å². The Kier molecular flexibility index (Phi) is 9.07. The molecule has 1 N–H and O–H groups in total. The van der Waals surface area contributed by atoms with Gasteiger partial charge in [-0.1, -0.05) is 42.5 Å². The van der Waals surface area contributed by atoms with Crippen molar-refractivity contribution in [2.24, 2.45) is 0 Å². The van der Waals surface area contributed by atoms with Crippen LogP contribution in [-0.4, -0.2) is 30.1 Å². The lowest BCUT2D eigenvalue weighted by atomic mass is 10.1. The third-order valence-electron chi connectivity index (χ3n) is 4.01. The number of hydrogen-bond donors (Lipinski definition) is 1. The van der Waals surface area contributed by atoms with Crippen molar-refractivity contribution in [1.82, 2.24) is 0 Å².